The van der Waals surface area contributed by atoms with Gasteiger partial charge in [-0.05, 0) is 28.9 Å². The number of rotatable bonds is 2. The molecule has 1 fully saturated rings. The summed E-state index contributed by atoms with van der Waals surface area (Å²) in [5, 5.41) is 3.33. The number of pyridine rings is 1. The normalized spacial score (nSPS) is 18.3. The third kappa shape index (κ3) is 1.87. The molecule has 0 unspecified atom stereocenters. The molecule has 4 nitrogen and oxygen atoms in total. The topological polar surface area (TPSA) is 42.7 Å². The van der Waals surface area contributed by atoms with Gasteiger partial charge in [0.1, 0.15) is 5.82 Å². The molecular formula is C12H15BrN4. The average Bonchev–Trinajstić information content (AvgIpc) is 2.53. The van der Waals surface area contributed by atoms with E-state index in [1.165, 1.54) is 0 Å². The molecule has 2 aromatic rings. The third-order valence-electron chi connectivity index (χ3n) is 3.41. The van der Waals surface area contributed by atoms with Crippen LogP contribution in [-0.4, -0.2) is 27.6 Å². The van der Waals surface area contributed by atoms with Gasteiger partial charge in [0.05, 0.1) is 5.52 Å². The number of nitrogens with zero attached hydrogens (tertiary/aromatic N) is 3. The lowest BCUT2D eigenvalue weighted by atomic mass is 9.84. The van der Waals surface area contributed by atoms with E-state index in [9.17, 15) is 0 Å². The van der Waals surface area contributed by atoms with E-state index in [0.29, 0.717) is 5.41 Å². The quantitative estimate of drug-likeness (QED) is 0.923. The van der Waals surface area contributed by atoms with Crippen LogP contribution in [0.2, 0.25) is 0 Å². The van der Waals surface area contributed by atoms with E-state index in [-0.39, 0.29) is 0 Å². The summed E-state index contributed by atoms with van der Waals surface area (Å²) in [6.07, 6.45) is 1.80. The van der Waals surface area contributed by atoms with E-state index < -0.39 is 0 Å². The number of nitrogens with one attached hydrogen (secondary N) is 1. The Labute approximate surface area is 109 Å². The highest BCUT2D eigenvalue weighted by atomic mass is 79.9. The van der Waals surface area contributed by atoms with Crippen LogP contribution in [0, 0.1) is 12.3 Å². The summed E-state index contributed by atoms with van der Waals surface area (Å²) >= 11 is 3.47. The fraction of sp³-hybridized carbons (Fsp3) is 0.500. The van der Waals surface area contributed by atoms with Crippen molar-refractivity contribution in [1.82, 2.24) is 19.9 Å². The zero-order valence-electron chi connectivity index (χ0n) is 10.00. The van der Waals surface area contributed by atoms with Crippen LogP contribution < -0.4 is 5.32 Å². The number of hydrogen-bond acceptors (Lipinski definition) is 3. The molecule has 3 heterocycles. The lowest BCUT2D eigenvalue weighted by Crippen LogP contribution is -2.53. The van der Waals surface area contributed by atoms with Gasteiger partial charge in [-0.1, -0.05) is 6.92 Å². The molecule has 0 spiro atoms. The molecule has 1 saturated heterocycles. The van der Waals surface area contributed by atoms with Crippen LogP contribution in [0.3, 0.4) is 0 Å². The van der Waals surface area contributed by atoms with Gasteiger partial charge < -0.3 is 9.88 Å². The number of aromatic nitrogens is 3. The molecule has 1 N–H and O–H groups in total. The van der Waals surface area contributed by atoms with Gasteiger partial charge in [0.15, 0.2) is 5.65 Å². The molecule has 0 radical (unpaired) electrons. The predicted octanol–water partition coefficient (Wildman–Crippen LogP) is 2.11. The highest BCUT2D eigenvalue weighted by Crippen LogP contribution is 2.27. The Morgan fingerprint density at radius 2 is 2.29 bits per heavy atom. The van der Waals surface area contributed by atoms with E-state index in [4.69, 9.17) is 0 Å². The monoisotopic (exact) mass is 294 g/mol. The molecule has 1 aliphatic rings. The molecule has 0 saturated carbocycles. The van der Waals surface area contributed by atoms with Crippen molar-refractivity contribution in [1.29, 1.82) is 0 Å². The molecule has 0 aliphatic carbocycles. The molecule has 17 heavy (non-hydrogen) atoms. The maximum absolute atomic E-state index is 4.51. The summed E-state index contributed by atoms with van der Waals surface area (Å²) in [4.78, 5) is 8.85. The lowest BCUT2D eigenvalue weighted by molar-refractivity contribution is 0.165. The molecule has 1 aliphatic heterocycles. The van der Waals surface area contributed by atoms with Crippen LogP contribution in [0.1, 0.15) is 12.7 Å². The largest absolute Gasteiger partial charge is 0.326 e. The molecular weight excluding hydrogens is 280 g/mol. The van der Waals surface area contributed by atoms with Crippen LogP contribution >= 0.6 is 15.9 Å². The van der Waals surface area contributed by atoms with Crippen molar-refractivity contribution in [3.63, 3.8) is 0 Å². The summed E-state index contributed by atoms with van der Waals surface area (Å²) in [5.74, 6) is 1.04. The summed E-state index contributed by atoms with van der Waals surface area (Å²) in [6.45, 7) is 7.51. The van der Waals surface area contributed by atoms with Crippen molar-refractivity contribution in [3.8, 4) is 0 Å². The molecule has 5 heteroatoms. The van der Waals surface area contributed by atoms with Crippen molar-refractivity contribution in [2.45, 2.75) is 20.4 Å². The van der Waals surface area contributed by atoms with Gasteiger partial charge in [0.25, 0.3) is 0 Å². The Bertz CT molecular complexity index is 571. The van der Waals surface area contributed by atoms with Crippen molar-refractivity contribution >= 4 is 27.1 Å². The maximum Gasteiger partial charge on any atom is 0.177 e. The Hall–Kier alpha value is -0.940. The summed E-state index contributed by atoms with van der Waals surface area (Å²) < 4.78 is 3.27. The second kappa shape index (κ2) is 3.78. The zero-order chi connectivity index (χ0) is 12.0. The van der Waals surface area contributed by atoms with Gasteiger partial charge in [0.2, 0.25) is 0 Å². The highest BCUT2D eigenvalue weighted by molar-refractivity contribution is 9.10. The van der Waals surface area contributed by atoms with E-state index in [2.05, 4.69) is 48.8 Å². The van der Waals surface area contributed by atoms with E-state index in [0.717, 1.165) is 41.1 Å². The number of aryl methyl sites for hydroxylation is 1. The second-order valence-electron chi connectivity index (χ2n) is 5.16. The fourth-order valence-corrected chi connectivity index (χ4v) is 2.66. The lowest BCUT2D eigenvalue weighted by Gasteiger charge is -2.40. The van der Waals surface area contributed by atoms with E-state index in [1.54, 1.807) is 6.20 Å². The first kappa shape index (κ1) is 11.2. The van der Waals surface area contributed by atoms with Gasteiger partial charge in [-0.3, -0.25) is 0 Å². The van der Waals surface area contributed by atoms with Crippen LogP contribution in [0.5, 0.6) is 0 Å². The molecule has 0 aromatic carbocycles. The third-order valence-corrected chi connectivity index (χ3v) is 3.84. The second-order valence-corrected chi connectivity index (χ2v) is 6.07. The van der Waals surface area contributed by atoms with Crippen molar-refractivity contribution in [2.75, 3.05) is 13.1 Å². The minimum absolute atomic E-state index is 0.348. The van der Waals surface area contributed by atoms with E-state index >= 15 is 0 Å². The molecule has 3 rings (SSSR count). The predicted molar refractivity (Wildman–Crippen MR) is 70.9 cm³/mol. The molecule has 0 bridgehead atoms. The summed E-state index contributed by atoms with van der Waals surface area (Å²) in [6, 6.07) is 2.10. The van der Waals surface area contributed by atoms with Crippen LogP contribution in [-0.2, 0) is 6.54 Å². The van der Waals surface area contributed by atoms with E-state index in [1.807, 2.05) is 6.92 Å². The first-order valence-electron chi connectivity index (χ1n) is 5.77. The number of halogens is 1. The average molecular weight is 295 g/mol. The first-order valence-corrected chi connectivity index (χ1v) is 6.56. The van der Waals surface area contributed by atoms with Crippen molar-refractivity contribution < 1.29 is 0 Å². The molecule has 0 amide bonds. The minimum Gasteiger partial charge on any atom is -0.326 e. The van der Waals surface area contributed by atoms with Crippen LogP contribution in [0.4, 0.5) is 0 Å². The van der Waals surface area contributed by atoms with Crippen molar-refractivity contribution in [2.24, 2.45) is 5.41 Å². The van der Waals surface area contributed by atoms with Gasteiger partial charge in [-0.15, -0.1) is 0 Å². The smallest absolute Gasteiger partial charge is 0.177 e. The summed E-state index contributed by atoms with van der Waals surface area (Å²) in [7, 11) is 0. The minimum atomic E-state index is 0.348. The zero-order valence-corrected chi connectivity index (χ0v) is 11.6. The van der Waals surface area contributed by atoms with Crippen LogP contribution in [0.25, 0.3) is 11.2 Å². The molecule has 0 atom stereocenters. The molecule has 90 valence electrons. The highest BCUT2D eigenvalue weighted by Gasteiger charge is 2.32. The van der Waals surface area contributed by atoms with Gasteiger partial charge in [0, 0.05) is 35.7 Å². The summed E-state index contributed by atoms with van der Waals surface area (Å²) in [5.41, 5.74) is 2.30. The molecule has 2 aromatic heterocycles. The van der Waals surface area contributed by atoms with Gasteiger partial charge in [-0.25, -0.2) is 9.97 Å². The standard InChI is InChI=1S/C12H15BrN4/c1-8-16-11-10(3-9(13)4-15-11)17(8)7-12(2)5-14-6-12/h3-4,14H,5-7H2,1-2H3. The Balaban J connectivity index is 2.07. The Morgan fingerprint density at radius 1 is 1.53 bits per heavy atom. The van der Waals surface area contributed by atoms with Crippen molar-refractivity contribution in [3.05, 3.63) is 22.6 Å². The Morgan fingerprint density at radius 3 is 2.94 bits per heavy atom. The van der Waals surface area contributed by atoms with Crippen LogP contribution in [0.15, 0.2) is 16.7 Å². The number of fused-ring (bicyclic) bond motifs is 1. The SMILES string of the molecule is Cc1nc2ncc(Br)cc2n1CC1(C)CNC1. The maximum atomic E-state index is 4.51. The van der Waals surface area contributed by atoms with Gasteiger partial charge in [-0.2, -0.15) is 0 Å². The fourth-order valence-electron chi connectivity index (χ4n) is 2.34. The number of imidazole rings is 1. The Kier molecular flexibility index (Phi) is 2.48. The number of hydrogen-bond donors (Lipinski definition) is 1. The van der Waals surface area contributed by atoms with Gasteiger partial charge >= 0.3 is 0 Å². The first-order chi connectivity index (χ1) is 8.07.